The summed E-state index contributed by atoms with van der Waals surface area (Å²) in [6, 6.07) is 0. The van der Waals surface area contributed by atoms with E-state index in [1.165, 1.54) is 30.6 Å². The van der Waals surface area contributed by atoms with E-state index >= 15 is 0 Å². The maximum atomic E-state index is 12.2. The van der Waals surface area contributed by atoms with Crippen LogP contribution in [0.2, 0.25) is 0 Å². The standard InChI is InChI=1S/C13H19NOS/c1-3-10-5-4-6-11(7-10)13(15)12-8-14-9(2)16-12/h8,10-11H,3-7H2,1-2H3. The molecule has 16 heavy (non-hydrogen) atoms. The number of nitrogens with zero attached hydrogens (tertiary/aromatic N) is 1. The van der Waals surface area contributed by atoms with Gasteiger partial charge in [0.25, 0.3) is 0 Å². The lowest BCUT2D eigenvalue weighted by Gasteiger charge is -2.26. The highest BCUT2D eigenvalue weighted by molar-refractivity contribution is 7.13. The van der Waals surface area contributed by atoms with Crippen LogP contribution >= 0.6 is 11.3 Å². The summed E-state index contributed by atoms with van der Waals surface area (Å²) >= 11 is 1.54. The Morgan fingerprint density at radius 3 is 3.00 bits per heavy atom. The van der Waals surface area contributed by atoms with E-state index < -0.39 is 0 Å². The summed E-state index contributed by atoms with van der Waals surface area (Å²) in [5.74, 6) is 1.36. The summed E-state index contributed by atoms with van der Waals surface area (Å²) in [6.45, 7) is 4.19. The molecular formula is C13H19NOS. The summed E-state index contributed by atoms with van der Waals surface area (Å²) in [4.78, 5) is 17.3. The maximum Gasteiger partial charge on any atom is 0.177 e. The molecule has 2 atom stereocenters. The molecule has 3 heteroatoms. The zero-order chi connectivity index (χ0) is 11.5. The minimum atomic E-state index is 0.263. The van der Waals surface area contributed by atoms with E-state index in [0.29, 0.717) is 5.78 Å². The first kappa shape index (κ1) is 11.8. The van der Waals surface area contributed by atoms with Gasteiger partial charge in [-0.05, 0) is 25.7 Å². The Morgan fingerprint density at radius 2 is 2.38 bits per heavy atom. The highest BCUT2D eigenvalue weighted by Crippen LogP contribution is 2.33. The van der Waals surface area contributed by atoms with Crippen LogP contribution < -0.4 is 0 Å². The number of carbonyl (C=O) groups excluding carboxylic acids is 1. The predicted octanol–water partition coefficient (Wildman–Crippen LogP) is 3.85. The summed E-state index contributed by atoms with van der Waals surface area (Å²) in [6.07, 6.45) is 7.65. The highest BCUT2D eigenvalue weighted by Gasteiger charge is 2.27. The fourth-order valence-corrected chi connectivity index (χ4v) is 3.37. The van der Waals surface area contributed by atoms with Crippen molar-refractivity contribution in [2.24, 2.45) is 11.8 Å². The molecule has 1 aliphatic rings. The third kappa shape index (κ3) is 2.51. The molecule has 0 aromatic carbocycles. The zero-order valence-corrected chi connectivity index (χ0v) is 10.8. The first-order chi connectivity index (χ1) is 7.70. The lowest BCUT2D eigenvalue weighted by Crippen LogP contribution is -2.22. The number of hydrogen-bond acceptors (Lipinski definition) is 3. The van der Waals surface area contributed by atoms with Crippen molar-refractivity contribution < 1.29 is 4.79 Å². The van der Waals surface area contributed by atoms with Crippen LogP contribution in [0.3, 0.4) is 0 Å². The molecular weight excluding hydrogens is 218 g/mol. The quantitative estimate of drug-likeness (QED) is 0.747. The normalized spacial score (nSPS) is 25.6. The van der Waals surface area contributed by atoms with Gasteiger partial charge in [-0.2, -0.15) is 0 Å². The van der Waals surface area contributed by atoms with Crippen molar-refractivity contribution in [2.45, 2.75) is 46.0 Å². The molecule has 1 aliphatic carbocycles. The molecule has 2 rings (SSSR count). The van der Waals surface area contributed by atoms with Gasteiger partial charge in [-0.3, -0.25) is 4.79 Å². The van der Waals surface area contributed by atoms with Gasteiger partial charge >= 0.3 is 0 Å². The number of rotatable bonds is 3. The molecule has 1 aromatic heterocycles. The smallest absolute Gasteiger partial charge is 0.177 e. The summed E-state index contributed by atoms with van der Waals surface area (Å²) in [7, 11) is 0. The van der Waals surface area contributed by atoms with Crippen molar-refractivity contribution in [2.75, 3.05) is 0 Å². The van der Waals surface area contributed by atoms with E-state index in [2.05, 4.69) is 11.9 Å². The Labute approximate surface area is 101 Å². The minimum Gasteiger partial charge on any atom is -0.293 e. The van der Waals surface area contributed by atoms with Crippen molar-refractivity contribution in [3.63, 3.8) is 0 Å². The molecule has 88 valence electrons. The highest BCUT2D eigenvalue weighted by atomic mass is 32.1. The Kier molecular flexibility index (Phi) is 3.74. The van der Waals surface area contributed by atoms with E-state index in [4.69, 9.17) is 0 Å². The molecule has 2 nitrogen and oxygen atoms in total. The summed E-state index contributed by atoms with van der Waals surface area (Å²) in [5, 5.41) is 0.992. The number of aryl methyl sites for hydroxylation is 1. The molecule has 0 radical (unpaired) electrons. The largest absolute Gasteiger partial charge is 0.293 e. The molecule has 0 bridgehead atoms. The molecule has 0 aliphatic heterocycles. The Morgan fingerprint density at radius 1 is 1.56 bits per heavy atom. The summed E-state index contributed by atoms with van der Waals surface area (Å²) in [5.41, 5.74) is 0. The lowest BCUT2D eigenvalue weighted by molar-refractivity contribution is 0.0866. The zero-order valence-electron chi connectivity index (χ0n) is 10.0. The van der Waals surface area contributed by atoms with E-state index in [1.807, 2.05) is 6.92 Å². The van der Waals surface area contributed by atoms with Crippen LogP contribution in [0.25, 0.3) is 0 Å². The Balaban J connectivity index is 2.04. The number of Topliss-reactive ketones (excluding diaryl/α,β-unsaturated/α-hetero) is 1. The number of hydrogen-bond donors (Lipinski definition) is 0. The molecule has 0 spiro atoms. The van der Waals surface area contributed by atoms with Gasteiger partial charge in [-0.15, -0.1) is 11.3 Å². The predicted molar refractivity (Wildman–Crippen MR) is 66.9 cm³/mol. The van der Waals surface area contributed by atoms with E-state index in [-0.39, 0.29) is 5.92 Å². The number of carbonyl (C=O) groups is 1. The lowest BCUT2D eigenvalue weighted by atomic mass is 9.78. The SMILES string of the molecule is CCC1CCCC(C(=O)c2cnc(C)s2)C1. The molecule has 0 amide bonds. The molecule has 1 fully saturated rings. The van der Waals surface area contributed by atoms with Crippen molar-refractivity contribution in [3.8, 4) is 0 Å². The van der Waals surface area contributed by atoms with Gasteiger partial charge in [0.2, 0.25) is 0 Å². The van der Waals surface area contributed by atoms with Gasteiger partial charge in [-0.1, -0.05) is 26.2 Å². The molecule has 2 unspecified atom stereocenters. The van der Waals surface area contributed by atoms with Gasteiger partial charge in [0.1, 0.15) is 0 Å². The minimum absolute atomic E-state index is 0.263. The first-order valence-corrected chi connectivity index (χ1v) is 6.99. The van der Waals surface area contributed by atoms with Crippen molar-refractivity contribution in [1.29, 1.82) is 0 Å². The maximum absolute atomic E-state index is 12.2. The van der Waals surface area contributed by atoms with Gasteiger partial charge in [0, 0.05) is 12.1 Å². The average Bonchev–Trinajstić information content (AvgIpc) is 2.75. The second kappa shape index (κ2) is 5.09. The van der Waals surface area contributed by atoms with Gasteiger partial charge in [-0.25, -0.2) is 4.98 Å². The van der Waals surface area contributed by atoms with Crippen LogP contribution in [-0.2, 0) is 0 Å². The van der Waals surface area contributed by atoms with Crippen molar-refractivity contribution in [3.05, 3.63) is 16.1 Å². The van der Waals surface area contributed by atoms with Crippen LogP contribution in [0.15, 0.2) is 6.20 Å². The van der Waals surface area contributed by atoms with E-state index in [0.717, 1.165) is 28.6 Å². The first-order valence-electron chi connectivity index (χ1n) is 6.17. The van der Waals surface area contributed by atoms with Crippen LogP contribution in [0.1, 0.15) is 53.7 Å². The van der Waals surface area contributed by atoms with Gasteiger partial charge in [0.05, 0.1) is 9.88 Å². The fraction of sp³-hybridized carbons (Fsp3) is 0.692. The Hall–Kier alpha value is -0.700. The topological polar surface area (TPSA) is 30.0 Å². The van der Waals surface area contributed by atoms with Gasteiger partial charge in [0.15, 0.2) is 5.78 Å². The second-order valence-electron chi connectivity index (χ2n) is 4.75. The van der Waals surface area contributed by atoms with Crippen LogP contribution in [0.4, 0.5) is 0 Å². The average molecular weight is 237 g/mol. The monoisotopic (exact) mass is 237 g/mol. The Bertz CT molecular complexity index is 372. The second-order valence-corrected chi connectivity index (χ2v) is 5.98. The molecule has 0 saturated heterocycles. The van der Waals surface area contributed by atoms with Crippen LogP contribution in [0, 0.1) is 18.8 Å². The number of aromatic nitrogens is 1. The fourth-order valence-electron chi connectivity index (χ4n) is 2.58. The van der Waals surface area contributed by atoms with Crippen LogP contribution in [-0.4, -0.2) is 10.8 Å². The third-order valence-corrected chi connectivity index (χ3v) is 4.52. The van der Waals surface area contributed by atoms with Crippen molar-refractivity contribution >= 4 is 17.1 Å². The van der Waals surface area contributed by atoms with E-state index in [9.17, 15) is 4.79 Å². The van der Waals surface area contributed by atoms with Crippen LogP contribution in [0.5, 0.6) is 0 Å². The number of thiazole rings is 1. The van der Waals surface area contributed by atoms with Gasteiger partial charge < -0.3 is 0 Å². The van der Waals surface area contributed by atoms with E-state index in [1.54, 1.807) is 6.20 Å². The summed E-state index contributed by atoms with van der Waals surface area (Å²) < 4.78 is 0. The van der Waals surface area contributed by atoms with Crippen molar-refractivity contribution in [1.82, 2.24) is 4.98 Å². The molecule has 1 heterocycles. The molecule has 0 N–H and O–H groups in total. The third-order valence-electron chi connectivity index (χ3n) is 3.60. The number of ketones is 1. The molecule has 1 aromatic rings. The molecule has 1 saturated carbocycles.